The highest BCUT2D eigenvalue weighted by molar-refractivity contribution is 7.89. The molecule has 1 aliphatic heterocycles. The first-order valence-corrected chi connectivity index (χ1v) is 13.0. The molecule has 1 N–H and O–H groups in total. The van der Waals surface area contributed by atoms with Gasteiger partial charge < -0.3 is 5.32 Å². The zero-order valence-corrected chi connectivity index (χ0v) is 20.6. The summed E-state index contributed by atoms with van der Waals surface area (Å²) in [5.41, 5.74) is 4.68. The van der Waals surface area contributed by atoms with Gasteiger partial charge in [0.05, 0.1) is 16.9 Å². The number of rotatable bonds is 5. The maximum Gasteiger partial charge on any atom is 0.243 e. The molecule has 0 saturated carbocycles. The second-order valence-corrected chi connectivity index (χ2v) is 11.2. The first-order chi connectivity index (χ1) is 15.7. The largest absolute Gasteiger partial charge is 0.349 e. The summed E-state index contributed by atoms with van der Waals surface area (Å²) in [6.45, 7) is 8.85. The number of sulfonamides is 1. The van der Waals surface area contributed by atoms with Crippen LogP contribution in [0.3, 0.4) is 0 Å². The van der Waals surface area contributed by atoms with Crippen molar-refractivity contribution in [1.29, 1.82) is 0 Å². The van der Waals surface area contributed by atoms with E-state index in [1.807, 2.05) is 37.3 Å². The van der Waals surface area contributed by atoms with Gasteiger partial charge in [-0.05, 0) is 85.7 Å². The van der Waals surface area contributed by atoms with E-state index in [-0.39, 0.29) is 29.3 Å². The van der Waals surface area contributed by atoms with E-state index >= 15 is 0 Å². The van der Waals surface area contributed by atoms with Crippen molar-refractivity contribution in [1.82, 2.24) is 9.62 Å². The summed E-state index contributed by atoms with van der Waals surface area (Å²) < 4.78 is 28.2. The van der Waals surface area contributed by atoms with E-state index in [1.165, 1.54) is 15.4 Å². The van der Waals surface area contributed by atoms with E-state index < -0.39 is 10.0 Å². The molecule has 0 bridgehead atoms. The summed E-state index contributed by atoms with van der Waals surface area (Å²) in [6.07, 6.45) is 1.36. The molecule has 1 aliphatic rings. The first-order valence-electron chi connectivity index (χ1n) is 11.5. The monoisotopic (exact) mass is 464 g/mol. The van der Waals surface area contributed by atoms with Crippen LogP contribution in [-0.4, -0.2) is 31.7 Å². The quantitative estimate of drug-likeness (QED) is 0.575. The SMILES string of the molecule is Cc1cc(C)c([C@@H](C)NC(=O)[C@H]2CCCN(S(=O)(=O)c3ccc4ccccc4c3)C2)cc1C. The molecule has 6 heteroatoms. The standard InChI is InChI=1S/C27H32N2O3S/c1-18-14-20(3)26(15-19(18)2)21(4)28-27(30)24-10-7-13-29(17-24)33(31,32)25-12-11-22-8-5-6-9-23(22)16-25/h5-6,8-9,11-12,14-16,21,24H,7,10,13,17H2,1-4H3,(H,28,30)/t21-,24+/m1/s1. The van der Waals surface area contributed by atoms with Crippen LogP contribution in [0.2, 0.25) is 0 Å². The number of hydrogen-bond acceptors (Lipinski definition) is 3. The lowest BCUT2D eigenvalue weighted by atomic mass is 9.95. The summed E-state index contributed by atoms with van der Waals surface area (Å²) in [4.78, 5) is 13.4. The Bertz CT molecular complexity index is 1300. The Labute approximate surface area is 196 Å². The minimum atomic E-state index is -3.66. The Kier molecular flexibility index (Phi) is 6.59. The van der Waals surface area contributed by atoms with Gasteiger partial charge in [-0.3, -0.25) is 4.79 Å². The molecule has 174 valence electrons. The second kappa shape index (κ2) is 9.27. The third-order valence-corrected chi connectivity index (χ3v) is 8.68. The van der Waals surface area contributed by atoms with Crippen molar-refractivity contribution in [3.63, 3.8) is 0 Å². The number of hydrogen-bond donors (Lipinski definition) is 1. The zero-order chi connectivity index (χ0) is 23.8. The van der Waals surface area contributed by atoms with E-state index in [0.29, 0.717) is 19.4 Å². The van der Waals surface area contributed by atoms with Crippen molar-refractivity contribution in [2.75, 3.05) is 13.1 Å². The van der Waals surface area contributed by atoms with Crippen LogP contribution in [0.15, 0.2) is 59.5 Å². The molecule has 0 aliphatic carbocycles. The molecule has 0 unspecified atom stereocenters. The number of carbonyl (C=O) groups is 1. The Hall–Kier alpha value is -2.70. The Morgan fingerprint density at radius 1 is 0.970 bits per heavy atom. The van der Waals surface area contributed by atoms with Gasteiger partial charge in [-0.1, -0.05) is 42.5 Å². The third kappa shape index (κ3) is 4.82. The number of aryl methyl sites for hydroxylation is 3. The van der Waals surface area contributed by atoms with Crippen LogP contribution in [0.5, 0.6) is 0 Å². The molecule has 0 spiro atoms. The van der Waals surface area contributed by atoms with E-state index in [9.17, 15) is 13.2 Å². The van der Waals surface area contributed by atoms with Crippen LogP contribution in [-0.2, 0) is 14.8 Å². The molecule has 1 saturated heterocycles. The molecular weight excluding hydrogens is 432 g/mol. The highest BCUT2D eigenvalue weighted by Crippen LogP contribution is 2.27. The molecule has 3 aromatic rings. The average molecular weight is 465 g/mol. The molecule has 1 fully saturated rings. The number of benzene rings is 3. The molecule has 4 rings (SSSR count). The number of piperidine rings is 1. The van der Waals surface area contributed by atoms with Crippen molar-refractivity contribution >= 4 is 26.7 Å². The minimum absolute atomic E-state index is 0.0847. The summed E-state index contributed by atoms with van der Waals surface area (Å²) in [5, 5.41) is 5.02. The van der Waals surface area contributed by atoms with Gasteiger partial charge in [-0.25, -0.2) is 8.42 Å². The van der Waals surface area contributed by atoms with Gasteiger partial charge >= 0.3 is 0 Å². The predicted octanol–water partition coefficient (Wildman–Crippen LogP) is 5.04. The summed E-state index contributed by atoms with van der Waals surface area (Å²) in [5.74, 6) is -0.443. The fourth-order valence-electron chi connectivity index (χ4n) is 4.71. The molecule has 2 atom stereocenters. The molecule has 5 nitrogen and oxygen atoms in total. The highest BCUT2D eigenvalue weighted by atomic mass is 32.2. The van der Waals surface area contributed by atoms with E-state index in [4.69, 9.17) is 0 Å². The van der Waals surface area contributed by atoms with Gasteiger partial charge in [0.1, 0.15) is 0 Å². The Morgan fingerprint density at radius 2 is 1.67 bits per heavy atom. The van der Waals surface area contributed by atoms with Crippen molar-refractivity contribution in [2.24, 2.45) is 5.92 Å². The number of nitrogens with zero attached hydrogens (tertiary/aromatic N) is 1. The van der Waals surface area contributed by atoms with Gasteiger partial charge in [-0.15, -0.1) is 0 Å². The maximum absolute atomic E-state index is 13.4. The highest BCUT2D eigenvalue weighted by Gasteiger charge is 2.34. The smallest absolute Gasteiger partial charge is 0.243 e. The van der Waals surface area contributed by atoms with Gasteiger partial charge in [0, 0.05) is 13.1 Å². The van der Waals surface area contributed by atoms with Crippen LogP contribution < -0.4 is 5.32 Å². The van der Waals surface area contributed by atoms with Crippen LogP contribution in [0.1, 0.15) is 48.1 Å². The molecular formula is C27H32N2O3S. The lowest BCUT2D eigenvalue weighted by Crippen LogP contribution is -2.45. The predicted molar refractivity (Wildman–Crippen MR) is 133 cm³/mol. The lowest BCUT2D eigenvalue weighted by molar-refractivity contribution is -0.126. The summed E-state index contributed by atoms with van der Waals surface area (Å²) in [6, 6.07) is 17.1. The zero-order valence-electron chi connectivity index (χ0n) is 19.8. The van der Waals surface area contributed by atoms with Crippen LogP contribution in [0, 0.1) is 26.7 Å². The molecule has 1 amide bonds. The Balaban J connectivity index is 1.49. The molecule has 1 heterocycles. The summed E-state index contributed by atoms with van der Waals surface area (Å²) >= 11 is 0. The second-order valence-electron chi connectivity index (χ2n) is 9.23. The van der Waals surface area contributed by atoms with E-state index in [0.717, 1.165) is 21.9 Å². The van der Waals surface area contributed by atoms with Crippen LogP contribution in [0.25, 0.3) is 10.8 Å². The van der Waals surface area contributed by atoms with E-state index in [1.54, 1.807) is 12.1 Å². The number of amides is 1. The molecule has 0 radical (unpaired) electrons. The first kappa shape index (κ1) is 23.5. The number of nitrogens with one attached hydrogen (secondary N) is 1. The maximum atomic E-state index is 13.4. The average Bonchev–Trinajstić information content (AvgIpc) is 2.81. The minimum Gasteiger partial charge on any atom is -0.349 e. The molecule has 0 aromatic heterocycles. The fourth-order valence-corrected chi connectivity index (χ4v) is 6.27. The van der Waals surface area contributed by atoms with E-state index in [2.05, 4.69) is 38.2 Å². The van der Waals surface area contributed by atoms with Crippen molar-refractivity contribution in [3.05, 3.63) is 76.9 Å². The Morgan fingerprint density at radius 3 is 2.42 bits per heavy atom. The fraction of sp³-hybridized carbons (Fsp3) is 0.370. The van der Waals surface area contributed by atoms with Crippen molar-refractivity contribution in [3.8, 4) is 0 Å². The van der Waals surface area contributed by atoms with Gasteiger partial charge in [0.2, 0.25) is 15.9 Å². The summed E-state index contributed by atoms with van der Waals surface area (Å²) in [7, 11) is -3.66. The third-order valence-electron chi connectivity index (χ3n) is 6.82. The van der Waals surface area contributed by atoms with Gasteiger partial charge in [0.15, 0.2) is 0 Å². The van der Waals surface area contributed by atoms with Crippen LogP contribution >= 0.6 is 0 Å². The van der Waals surface area contributed by atoms with Crippen molar-refractivity contribution < 1.29 is 13.2 Å². The number of fused-ring (bicyclic) bond motifs is 1. The van der Waals surface area contributed by atoms with Gasteiger partial charge in [-0.2, -0.15) is 4.31 Å². The molecule has 33 heavy (non-hydrogen) atoms. The van der Waals surface area contributed by atoms with Crippen molar-refractivity contribution in [2.45, 2.75) is 51.5 Å². The lowest BCUT2D eigenvalue weighted by Gasteiger charge is -2.32. The van der Waals surface area contributed by atoms with Gasteiger partial charge in [0.25, 0.3) is 0 Å². The normalized spacial score (nSPS) is 18.2. The van der Waals surface area contributed by atoms with Crippen LogP contribution in [0.4, 0.5) is 0 Å². The molecule has 3 aromatic carbocycles. The topological polar surface area (TPSA) is 66.5 Å². The number of carbonyl (C=O) groups excluding carboxylic acids is 1.